The average molecular weight is 443 g/mol. The third-order valence-corrected chi connectivity index (χ3v) is 8.06. The number of hydrogen-bond acceptors (Lipinski definition) is 7. The molecule has 1 aromatic carbocycles. The number of nitrogens with zero attached hydrogens (tertiary/aromatic N) is 2. The summed E-state index contributed by atoms with van der Waals surface area (Å²) in [6.07, 6.45) is 0. The minimum atomic E-state index is -0.498. The lowest BCUT2D eigenvalue weighted by Crippen LogP contribution is -2.15. The molecular weight excluding hydrogens is 420 g/mol. The van der Waals surface area contributed by atoms with E-state index in [1.54, 1.807) is 24.3 Å². The summed E-state index contributed by atoms with van der Waals surface area (Å²) in [7, 11) is 0. The first-order valence-corrected chi connectivity index (χ1v) is 11.7. The van der Waals surface area contributed by atoms with Gasteiger partial charge in [-0.25, -0.2) is 4.79 Å². The van der Waals surface area contributed by atoms with Gasteiger partial charge in [0.25, 0.3) is 0 Å². The van der Waals surface area contributed by atoms with E-state index in [4.69, 9.17) is 9.26 Å². The molecule has 3 heterocycles. The number of carbonyl (C=O) groups is 2. The van der Waals surface area contributed by atoms with Crippen LogP contribution in [0.5, 0.6) is 0 Å². The number of carbonyl (C=O) groups excluding carboxylic acids is 2. The Morgan fingerprint density at radius 3 is 2.47 bits per heavy atom. The first kappa shape index (κ1) is 20.8. The molecule has 156 valence electrons. The summed E-state index contributed by atoms with van der Waals surface area (Å²) in [5.41, 5.74) is 3.74. The molecule has 0 unspecified atom stereocenters. The predicted molar refractivity (Wildman–Crippen MR) is 119 cm³/mol. The Hall–Kier alpha value is -2.45. The topological polar surface area (TPSA) is 74.3 Å². The molecule has 4 rings (SSSR count). The Kier molecular flexibility index (Phi) is 6.06. The van der Waals surface area contributed by atoms with Gasteiger partial charge in [0.1, 0.15) is 5.76 Å². The van der Waals surface area contributed by atoms with Gasteiger partial charge in [0, 0.05) is 34.5 Å². The highest BCUT2D eigenvalue weighted by molar-refractivity contribution is 8.19. The van der Waals surface area contributed by atoms with Crippen LogP contribution in [0.2, 0.25) is 0 Å². The minimum absolute atomic E-state index is 0.252. The number of Topliss-reactive ketones (excluding diaryl/α,β-unsaturated/α-hetero) is 1. The van der Waals surface area contributed by atoms with E-state index in [0.717, 1.165) is 22.9 Å². The van der Waals surface area contributed by atoms with Crippen LogP contribution in [0, 0.1) is 20.8 Å². The van der Waals surface area contributed by atoms with Gasteiger partial charge in [-0.2, -0.15) is 0 Å². The third kappa shape index (κ3) is 4.20. The van der Waals surface area contributed by atoms with E-state index >= 15 is 0 Å². The molecular formula is C22H22N2O4S2. The molecule has 30 heavy (non-hydrogen) atoms. The SMILES string of the molecule is Cc1cc(-n2c(C)cc(C(=O)COC(=O)c3ccc(C4SCCS4)cc3)c2C)no1. The van der Waals surface area contributed by atoms with Gasteiger partial charge in [-0.1, -0.05) is 17.3 Å². The number of esters is 1. The summed E-state index contributed by atoms with van der Waals surface area (Å²) >= 11 is 3.83. The highest BCUT2D eigenvalue weighted by Crippen LogP contribution is 2.45. The van der Waals surface area contributed by atoms with E-state index in [0.29, 0.717) is 27.3 Å². The molecule has 0 amide bonds. The monoisotopic (exact) mass is 442 g/mol. The number of aryl methyl sites for hydroxylation is 2. The maximum Gasteiger partial charge on any atom is 0.338 e. The molecule has 1 fully saturated rings. The van der Waals surface area contributed by atoms with Crippen molar-refractivity contribution in [3.8, 4) is 5.82 Å². The Bertz CT molecular complexity index is 1080. The van der Waals surface area contributed by atoms with Crippen LogP contribution >= 0.6 is 23.5 Å². The quantitative estimate of drug-likeness (QED) is 0.397. The highest BCUT2D eigenvalue weighted by atomic mass is 32.2. The lowest BCUT2D eigenvalue weighted by atomic mass is 10.1. The van der Waals surface area contributed by atoms with Crippen molar-refractivity contribution in [2.24, 2.45) is 0 Å². The van der Waals surface area contributed by atoms with E-state index in [2.05, 4.69) is 5.16 Å². The molecule has 1 saturated heterocycles. The van der Waals surface area contributed by atoms with Gasteiger partial charge in [-0.3, -0.25) is 9.36 Å². The zero-order valence-electron chi connectivity index (χ0n) is 17.0. The summed E-state index contributed by atoms with van der Waals surface area (Å²) in [5, 5.41) is 4.02. The zero-order chi connectivity index (χ0) is 21.3. The molecule has 0 aliphatic carbocycles. The van der Waals surface area contributed by atoms with Crippen LogP contribution in [0.4, 0.5) is 0 Å². The van der Waals surface area contributed by atoms with E-state index in [1.165, 1.54) is 5.56 Å². The van der Waals surface area contributed by atoms with Crippen molar-refractivity contribution in [1.82, 2.24) is 9.72 Å². The molecule has 1 aliphatic rings. The summed E-state index contributed by atoms with van der Waals surface area (Å²) in [5.74, 6) is 2.87. The predicted octanol–water partition coefficient (Wildman–Crippen LogP) is 4.91. The summed E-state index contributed by atoms with van der Waals surface area (Å²) in [4.78, 5) is 25.1. The standard InChI is InChI=1S/C22H22N2O4S2/c1-13-10-18(15(3)24(13)20-11-14(2)28-23-20)19(25)12-27-21(26)16-4-6-17(7-5-16)22-29-8-9-30-22/h4-7,10-11,22H,8-9,12H2,1-3H3. The number of hydrogen-bond donors (Lipinski definition) is 0. The van der Waals surface area contributed by atoms with Crippen LogP contribution in [0.1, 0.15) is 48.0 Å². The number of thioether (sulfide) groups is 2. The van der Waals surface area contributed by atoms with Gasteiger partial charge in [0.2, 0.25) is 5.78 Å². The van der Waals surface area contributed by atoms with Crippen LogP contribution in [-0.2, 0) is 4.74 Å². The first-order valence-electron chi connectivity index (χ1n) is 9.60. The van der Waals surface area contributed by atoms with Crippen molar-refractivity contribution in [3.63, 3.8) is 0 Å². The summed E-state index contributed by atoms with van der Waals surface area (Å²) in [6, 6.07) is 11.0. The third-order valence-electron chi connectivity index (χ3n) is 4.95. The number of benzene rings is 1. The van der Waals surface area contributed by atoms with Crippen molar-refractivity contribution < 1.29 is 18.8 Å². The molecule has 0 saturated carbocycles. The van der Waals surface area contributed by atoms with Crippen LogP contribution in [0.15, 0.2) is 40.9 Å². The average Bonchev–Trinajstić information content (AvgIpc) is 3.47. The van der Waals surface area contributed by atoms with Crippen molar-refractivity contribution in [2.45, 2.75) is 25.4 Å². The first-order chi connectivity index (χ1) is 14.4. The van der Waals surface area contributed by atoms with Crippen LogP contribution in [0.3, 0.4) is 0 Å². The summed E-state index contributed by atoms with van der Waals surface area (Å²) < 4.78 is 12.7. The normalized spacial score (nSPS) is 14.2. The molecule has 8 heteroatoms. The van der Waals surface area contributed by atoms with Crippen LogP contribution < -0.4 is 0 Å². The fourth-order valence-corrected chi connectivity index (χ4v) is 6.34. The Balaban J connectivity index is 1.41. The molecule has 6 nitrogen and oxygen atoms in total. The van der Waals surface area contributed by atoms with Crippen molar-refractivity contribution in [1.29, 1.82) is 0 Å². The van der Waals surface area contributed by atoms with E-state index < -0.39 is 5.97 Å². The summed E-state index contributed by atoms with van der Waals surface area (Å²) in [6.45, 7) is 5.23. The number of rotatable bonds is 6. The van der Waals surface area contributed by atoms with Crippen molar-refractivity contribution >= 4 is 35.3 Å². The van der Waals surface area contributed by atoms with Gasteiger partial charge in [-0.05, 0) is 44.5 Å². The van der Waals surface area contributed by atoms with E-state index in [9.17, 15) is 9.59 Å². The molecule has 0 radical (unpaired) electrons. The number of aromatic nitrogens is 2. The maximum atomic E-state index is 12.7. The fourth-order valence-electron chi connectivity index (χ4n) is 3.48. The van der Waals surface area contributed by atoms with E-state index in [-0.39, 0.29) is 12.4 Å². The molecule has 0 atom stereocenters. The van der Waals surface area contributed by atoms with Gasteiger partial charge < -0.3 is 9.26 Å². The smallest absolute Gasteiger partial charge is 0.338 e. The Morgan fingerprint density at radius 1 is 1.13 bits per heavy atom. The second kappa shape index (κ2) is 8.73. The molecule has 2 aromatic heterocycles. The van der Waals surface area contributed by atoms with Gasteiger partial charge >= 0.3 is 5.97 Å². The molecule has 3 aromatic rings. The lowest BCUT2D eigenvalue weighted by Gasteiger charge is -2.09. The lowest BCUT2D eigenvalue weighted by molar-refractivity contribution is 0.0474. The van der Waals surface area contributed by atoms with Crippen molar-refractivity contribution in [3.05, 3.63) is 70.2 Å². The maximum absolute atomic E-state index is 12.7. The zero-order valence-corrected chi connectivity index (χ0v) is 18.6. The van der Waals surface area contributed by atoms with Gasteiger partial charge in [0.15, 0.2) is 12.4 Å². The molecule has 0 spiro atoms. The fraction of sp³-hybridized carbons (Fsp3) is 0.318. The Morgan fingerprint density at radius 2 is 1.83 bits per heavy atom. The minimum Gasteiger partial charge on any atom is -0.454 e. The molecule has 1 aliphatic heterocycles. The highest BCUT2D eigenvalue weighted by Gasteiger charge is 2.21. The second-order valence-electron chi connectivity index (χ2n) is 7.11. The second-order valence-corrected chi connectivity index (χ2v) is 9.84. The Labute approximate surface area is 183 Å². The number of ether oxygens (including phenoxy) is 1. The van der Waals surface area contributed by atoms with Crippen molar-refractivity contribution in [2.75, 3.05) is 18.1 Å². The molecule has 0 bridgehead atoms. The van der Waals surface area contributed by atoms with E-state index in [1.807, 2.05) is 61.0 Å². The van der Waals surface area contributed by atoms with Gasteiger partial charge in [-0.15, -0.1) is 23.5 Å². The number of ketones is 1. The van der Waals surface area contributed by atoms with Crippen LogP contribution in [0.25, 0.3) is 5.82 Å². The molecule has 0 N–H and O–H groups in total. The van der Waals surface area contributed by atoms with Gasteiger partial charge in [0.05, 0.1) is 10.1 Å². The van der Waals surface area contributed by atoms with Crippen LogP contribution in [-0.4, -0.2) is 39.6 Å². The largest absolute Gasteiger partial charge is 0.454 e.